The Balaban J connectivity index is 1.73. The third-order valence-electron chi connectivity index (χ3n) is 4.16. The van der Waals surface area contributed by atoms with Gasteiger partial charge in [0.15, 0.2) is 0 Å². The minimum atomic E-state index is -3.47. The molecule has 28 heavy (non-hydrogen) atoms. The van der Waals surface area contributed by atoms with Crippen LogP contribution >= 0.6 is 0 Å². The molecule has 142 valence electrons. The zero-order chi connectivity index (χ0) is 20.0. The van der Waals surface area contributed by atoms with Gasteiger partial charge in [0.05, 0.1) is 4.90 Å². The molecule has 0 bridgehead atoms. The lowest BCUT2D eigenvalue weighted by molar-refractivity contribution is -0.111. The summed E-state index contributed by atoms with van der Waals surface area (Å²) in [4.78, 5) is 12.5. The highest BCUT2D eigenvalue weighted by Gasteiger charge is 2.10. The molecule has 0 unspecified atom stereocenters. The maximum Gasteiger partial charge on any atom is 0.248 e. The molecule has 3 aromatic rings. The van der Waals surface area contributed by atoms with Crippen molar-refractivity contribution in [2.24, 2.45) is 0 Å². The van der Waals surface area contributed by atoms with Crippen molar-refractivity contribution in [2.75, 3.05) is 12.4 Å². The standard InChI is InChI=1S/C22H20N2O3S/c1-23-28(26,27)19-14-11-17(12-15-19)13-16-22(25)24-21-10-6-5-9-20(21)18-7-3-2-4-8-18/h2-16,23H,1H3,(H,24,25)/b16-13+. The number of nitrogens with one attached hydrogen (secondary N) is 2. The molecular formula is C22H20N2O3S. The second-order valence-electron chi connectivity index (χ2n) is 6.01. The van der Waals surface area contributed by atoms with Crippen LogP contribution in [0.2, 0.25) is 0 Å². The molecule has 0 aliphatic heterocycles. The van der Waals surface area contributed by atoms with E-state index >= 15 is 0 Å². The Kier molecular flexibility index (Phi) is 6.03. The van der Waals surface area contributed by atoms with Gasteiger partial charge in [0.2, 0.25) is 15.9 Å². The highest BCUT2D eigenvalue weighted by Crippen LogP contribution is 2.27. The van der Waals surface area contributed by atoms with Gasteiger partial charge < -0.3 is 5.32 Å². The number of hydrogen-bond acceptors (Lipinski definition) is 3. The van der Waals surface area contributed by atoms with Crippen molar-refractivity contribution >= 4 is 27.7 Å². The van der Waals surface area contributed by atoms with Crippen LogP contribution in [-0.2, 0) is 14.8 Å². The van der Waals surface area contributed by atoms with Gasteiger partial charge in [-0.25, -0.2) is 13.1 Å². The van der Waals surface area contributed by atoms with Crippen molar-refractivity contribution in [1.29, 1.82) is 0 Å². The molecule has 0 radical (unpaired) electrons. The smallest absolute Gasteiger partial charge is 0.248 e. The molecule has 0 aliphatic carbocycles. The molecule has 0 saturated carbocycles. The van der Waals surface area contributed by atoms with Gasteiger partial charge in [0.1, 0.15) is 0 Å². The van der Waals surface area contributed by atoms with Gasteiger partial charge in [0, 0.05) is 17.3 Å². The third kappa shape index (κ3) is 4.73. The largest absolute Gasteiger partial charge is 0.322 e. The normalized spacial score (nSPS) is 11.5. The molecule has 6 heteroatoms. The molecule has 0 saturated heterocycles. The molecule has 1 amide bonds. The average molecular weight is 392 g/mol. The Bertz CT molecular complexity index is 1090. The topological polar surface area (TPSA) is 75.3 Å². The van der Waals surface area contributed by atoms with Crippen LogP contribution < -0.4 is 10.0 Å². The van der Waals surface area contributed by atoms with E-state index in [9.17, 15) is 13.2 Å². The SMILES string of the molecule is CNS(=O)(=O)c1ccc(/C=C/C(=O)Nc2ccccc2-c2ccccc2)cc1. The molecule has 2 N–H and O–H groups in total. The number of carbonyl (C=O) groups excluding carboxylic acids is 1. The van der Waals surface area contributed by atoms with Crippen LogP contribution in [0.1, 0.15) is 5.56 Å². The molecule has 0 aliphatic rings. The first-order valence-corrected chi connectivity index (χ1v) is 10.1. The minimum absolute atomic E-state index is 0.174. The summed E-state index contributed by atoms with van der Waals surface area (Å²) in [6, 6.07) is 23.7. The molecule has 0 atom stereocenters. The zero-order valence-corrected chi connectivity index (χ0v) is 16.1. The van der Waals surface area contributed by atoms with Crippen LogP contribution in [0.5, 0.6) is 0 Å². The quantitative estimate of drug-likeness (QED) is 0.625. The number of amides is 1. The molecular weight excluding hydrogens is 372 g/mol. The van der Waals surface area contributed by atoms with Crippen LogP contribution in [-0.4, -0.2) is 21.4 Å². The Morgan fingerprint density at radius 2 is 1.50 bits per heavy atom. The highest BCUT2D eigenvalue weighted by atomic mass is 32.2. The van der Waals surface area contributed by atoms with Gasteiger partial charge >= 0.3 is 0 Å². The average Bonchev–Trinajstić information content (AvgIpc) is 2.73. The summed E-state index contributed by atoms with van der Waals surface area (Å²) >= 11 is 0. The van der Waals surface area contributed by atoms with E-state index in [1.165, 1.54) is 25.3 Å². The van der Waals surface area contributed by atoms with Crippen LogP contribution in [0.3, 0.4) is 0 Å². The molecule has 0 spiro atoms. The molecule has 0 heterocycles. The third-order valence-corrected chi connectivity index (χ3v) is 5.59. The van der Waals surface area contributed by atoms with Gasteiger partial charge in [-0.15, -0.1) is 0 Å². The molecule has 3 rings (SSSR count). The van der Waals surface area contributed by atoms with Gasteiger partial charge in [-0.05, 0) is 42.4 Å². The number of hydrogen-bond donors (Lipinski definition) is 2. The van der Waals surface area contributed by atoms with Crippen LogP contribution in [0.15, 0.2) is 89.8 Å². The Labute approximate surface area is 164 Å². The highest BCUT2D eigenvalue weighted by molar-refractivity contribution is 7.89. The lowest BCUT2D eigenvalue weighted by Crippen LogP contribution is -2.18. The van der Waals surface area contributed by atoms with E-state index in [1.807, 2.05) is 54.6 Å². The predicted octanol–water partition coefficient (Wildman–Crippen LogP) is 3.91. The van der Waals surface area contributed by atoms with Crippen LogP contribution in [0.25, 0.3) is 17.2 Å². The van der Waals surface area contributed by atoms with Crippen molar-refractivity contribution in [3.8, 4) is 11.1 Å². The number of sulfonamides is 1. The second-order valence-corrected chi connectivity index (χ2v) is 7.90. The number of anilines is 1. The molecule has 0 aromatic heterocycles. The van der Waals surface area contributed by atoms with E-state index < -0.39 is 10.0 Å². The van der Waals surface area contributed by atoms with Gasteiger partial charge in [-0.2, -0.15) is 0 Å². The fraction of sp³-hybridized carbons (Fsp3) is 0.0455. The lowest BCUT2D eigenvalue weighted by Gasteiger charge is -2.10. The zero-order valence-electron chi connectivity index (χ0n) is 15.3. The van der Waals surface area contributed by atoms with E-state index in [0.29, 0.717) is 0 Å². The van der Waals surface area contributed by atoms with Crippen LogP contribution in [0, 0.1) is 0 Å². The summed E-state index contributed by atoms with van der Waals surface area (Å²) in [6.07, 6.45) is 3.06. The van der Waals surface area contributed by atoms with Crippen molar-refractivity contribution in [1.82, 2.24) is 4.72 Å². The van der Waals surface area contributed by atoms with Crippen molar-refractivity contribution < 1.29 is 13.2 Å². The first-order chi connectivity index (χ1) is 13.5. The van der Waals surface area contributed by atoms with Crippen molar-refractivity contribution in [2.45, 2.75) is 4.90 Å². The summed E-state index contributed by atoms with van der Waals surface area (Å²) in [7, 11) is -2.11. The molecule has 3 aromatic carbocycles. The van der Waals surface area contributed by atoms with Crippen molar-refractivity contribution in [3.63, 3.8) is 0 Å². The number of benzene rings is 3. The van der Waals surface area contributed by atoms with E-state index in [0.717, 1.165) is 22.4 Å². The second kappa shape index (κ2) is 8.65. The maximum atomic E-state index is 12.3. The first-order valence-electron chi connectivity index (χ1n) is 8.67. The Morgan fingerprint density at radius 1 is 0.857 bits per heavy atom. The molecule has 5 nitrogen and oxygen atoms in total. The summed E-state index contributed by atoms with van der Waals surface area (Å²) in [5.41, 5.74) is 3.40. The summed E-state index contributed by atoms with van der Waals surface area (Å²) in [6.45, 7) is 0. The van der Waals surface area contributed by atoms with E-state index in [2.05, 4.69) is 10.0 Å². The summed E-state index contributed by atoms with van der Waals surface area (Å²) in [5.74, 6) is -0.268. The predicted molar refractivity (Wildman–Crippen MR) is 112 cm³/mol. The number of carbonyl (C=O) groups is 1. The lowest BCUT2D eigenvalue weighted by atomic mass is 10.0. The first kappa shape index (κ1) is 19.5. The Hall–Kier alpha value is -3.22. The Morgan fingerprint density at radius 3 is 2.18 bits per heavy atom. The monoisotopic (exact) mass is 392 g/mol. The van der Waals surface area contributed by atoms with E-state index in [1.54, 1.807) is 18.2 Å². The van der Waals surface area contributed by atoms with Crippen molar-refractivity contribution in [3.05, 3.63) is 90.5 Å². The van der Waals surface area contributed by atoms with E-state index in [4.69, 9.17) is 0 Å². The minimum Gasteiger partial charge on any atom is -0.322 e. The van der Waals surface area contributed by atoms with Gasteiger partial charge in [-0.1, -0.05) is 60.7 Å². The van der Waals surface area contributed by atoms with Gasteiger partial charge in [0.25, 0.3) is 0 Å². The molecule has 0 fully saturated rings. The number of rotatable bonds is 6. The van der Waals surface area contributed by atoms with E-state index in [-0.39, 0.29) is 10.8 Å². The maximum absolute atomic E-state index is 12.3. The summed E-state index contributed by atoms with van der Waals surface area (Å²) in [5, 5.41) is 2.89. The number of para-hydroxylation sites is 1. The van der Waals surface area contributed by atoms with Crippen LogP contribution in [0.4, 0.5) is 5.69 Å². The van der Waals surface area contributed by atoms with Gasteiger partial charge in [-0.3, -0.25) is 4.79 Å². The summed E-state index contributed by atoms with van der Waals surface area (Å²) < 4.78 is 25.7. The fourth-order valence-electron chi connectivity index (χ4n) is 2.68. The fourth-order valence-corrected chi connectivity index (χ4v) is 3.41.